The van der Waals surface area contributed by atoms with E-state index < -0.39 is 10.1 Å². The highest BCUT2D eigenvalue weighted by molar-refractivity contribution is 7.85. The van der Waals surface area contributed by atoms with E-state index in [0.29, 0.717) is 6.54 Å². The van der Waals surface area contributed by atoms with Crippen molar-refractivity contribution in [2.45, 2.75) is 38.8 Å². The molecule has 0 saturated carbocycles. The molecule has 1 aromatic heterocycles. The van der Waals surface area contributed by atoms with Gasteiger partial charge in [-0.15, -0.1) is 0 Å². The van der Waals surface area contributed by atoms with Crippen molar-refractivity contribution in [3.63, 3.8) is 0 Å². The number of benzene rings is 1. The van der Waals surface area contributed by atoms with Gasteiger partial charge in [-0.05, 0) is 37.5 Å². The summed E-state index contributed by atoms with van der Waals surface area (Å²) in [4.78, 5) is 0.919. The Morgan fingerprint density at radius 2 is 2.23 bits per heavy atom. The topological polar surface area (TPSA) is 66.6 Å². The molecule has 22 heavy (non-hydrogen) atoms. The summed E-state index contributed by atoms with van der Waals surface area (Å²) in [5.74, 6) is -0.294. The number of rotatable bonds is 2. The number of hydrogen-bond acceptors (Lipinski definition) is 3. The first-order valence-corrected chi connectivity index (χ1v) is 9.41. The first kappa shape index (κ1) is 14.2. The fourth-order valence-electron chi connectivity index (χ4n) is 4.31. The van der Waals surface area contributed by atoms with E-state index in [1.807, 2.05) is 0 Å². The highest BCUT2D eigenvalue weighted by Crippen LogP contribution is 2.37. The molecule has 1 N–H and O–H groups in total. The highest BCUT2D eigenvalue weighted by Gasteiger charge is 2.38. The number of quaternary nitrogens is 1. The molecule has 0 radical (unpaired) electrons. The molecule has 2 atom stereocenters. The Hall–Kier alpha value is -1.37. The summed E-state index contributed by atoms with van der Waals surface area (Å²) in [6.07, 6.45) is 3.08. The van der Waals surface area contributed by atoms with Gasteiger partial charge >= 0.3 is 0 Å². The van der Waals surface area contributed by atoms with Crippen LogP contribution in [-0.4, -0.2) is 30.0 Å². The number of aromatic nitrogens is 1. The van der Waals surface area contributed by atoms with Gasteiger partial charge in [0.2, 0.25) is 0 Å². The zero-order chi connectivity index (χ0) is 15.5. The molecule has 118 valence electrons. The quantitative estimate of drug-likeness (QED) is 0.830. The average molecular weight is 320 g/mol. The molecule has 1 unspecified atom stereocenters. The van der Waals surface area contributed by atoms with E-state index in [9.17, 15) is 13.0 Å². The number of fused-ring (bicyclic) bond motifs is 3. The first-order chi connectivity index (χ1) is 10.4. The molecule has 6 heteroatoms. The zero-order valence-corrected chi connectivity index (χ0v) is 13.4. The van der Waals surface area contributed by atoms with Gasteiger partial charge in [0, 0.05) is 17.3 Å². The SMILES string of the molecule is Cc1ccc2c(c1)c1c3n2CC[NH+](CS(=O)(=O)[O-])[C@H]3CCC1. The molecule has 2 heterocycles. The van der Waals surface area contributed by atoms with Crippen LogP contribution >= 0.6 is 0 Å². The summed E-state index contributed by atoms with van der Waals surface area (Å²) >= 11 is 0. The minimum Gasteiger partial charge on any atom is -0.744 e. The molecule has 0 amide bonds. The lowest BCUT2D eigenvalue weighted by Crippen LogP contribution is -3.14. The Kier molecular flexibility index (Phi) is 3.11. The molecule has 0 spiro atoms. The van der Waals surface area contributed by atoms with Crippen molar-refractivity contribution in [3.05, 3.63) is 35.0 Å². The molecule has 4 rings (SSSR count). The summed E-state index contributed by atoms with van der Waals surface area (Å²) in [5, 5.41) is 1.31. The summed E-state index contributed by atoms with van der Waals surface area (Å²) in [7, 11) is -4.19. The van der Waals surface area contributed by atoms with Crippen molar-refractivity contribution in [1.29, 1.82) is 0 Å². The summed E-state index contributed by atoms with van der Waals surface area (Å²) in [5.41, 5.74) is 5.15. The fraction of sp³-hybridized carbons (Fsp3) is 0.500. The van der Waals surface area contributed by atoms with Crippen LogP contribution in [0.25, 0.3) is 10.9 Å². The number of nitrogens with zero attached hydrogens (tertiary/aromatic N) is 1. The third-order valence-corrected chi connectivity index (χ3v) is 5.85. The number of hydrogen-bond donors (Lipinski definition) is 1. The second-order valence-corrected chi connectivity index (χ2v) is 8.00. The van der Waals surface area contributed by atoms with Crippen LogP contribution in [0.3, 0.4) is 0 Å². The normalized spacial score (nSPS) is 24.5. The van der Waals surface area contributed by atoms with Gasteiger partial charge in [-0.1, -0.05) is 11.6 Å². The molecule has 1 aliphatic carbocycles. The van der Waals surface area contributed by atoms with E-state index in [0.717, 1.165) is 30.7 Å². The molecular formula is C16H20N2O3S. The molecule has 1 aliphatic heterocycles. The second kappa shape index (κ2) is 4.81. The smallest absolute Gasteiger partial charge is 0.168 e. The Labute approximate surface area is 130 Å². The Morgan fingerprint density at radius 3 is 3.00 bits per heavy atom. The number of aryl methyl sites for hydroxylation is 2. The maximum Gasteiger partial charge on any atom is 0.168 e. The van der Waals surface area contributed by atoms with Gasteiger partial charge in [-0.25, -0.2) is 8.42 Å². The van der Waals surface area contributed by atoms with Crippen LogP contribution in [0.2, 0.25) is 0 Å². The third kappa shape index (κ3) is 2.17. The van der Waals surface area contributed by atoms with Crippen LogP contribution in [-0.2, 0) is 23.1 Å². The molecule has 1 aromatic carbocycles. The Bertz CT molecular complexity index is 854. The Balaban J connectivity index is 1.88. The molecule has 2 aliphatic rings. The van der Waals surface area contributed by atoms with Crippen molar-refractivity contribution >= 4 is 21.0 Å². The summed E-state index contributed by atoms with van der Waals surface area (Å²) in [6, 6.07) is 6.69. The Morgan fingerprint density at radius 1 is 1.41 bits per heavy atom. The minimum atomic E-state index is -4.19. The van der Waals surface area contributed by atoms with E-state index in [2.05, 4.69) is 29.7 Å². The monoisotopic (exact) mass is 320 g/mol. The van der Waals surface area contributed by atoms with Gasteiger partial charge in [-0.2, -0.15) is 0 Å². The maximum absolute atomic E-state index is 11.2. The fourth-order valence-corrected chi connectivity index (χ4v) is 5.11. The highest BCUT2D eigenvalue weighted by atomic mass is 32.2. The predicted molar refractivity (Wildman–Crippen MR) is 82.7 cm³/mol. The summed E-state index contributed by atoms with van der Waals surface area (Å²) < 4.78 is 36.0. The molecule has 0 fully saturated rings. The van der Waals surface area contributed by atoms with E-state index in [-0.39, 0.29) is 11.9 Å². The third-order valence-electron chi connectivity index (χ3n) is 5.13. The minimum absolute atomic E-state index is 0.147. The van der Waals surface area contributed by atoms with E-state index in [1.54, 1.807) is 0 Å². The first-order valence-electron chi connectivity index (χ1n) is 7.84. The molecule has 0 saturated heterocycles. The largest absolute Gasteiger partial charge is 0.744 e. The van der Waals surface area contributed by atoms with Crippen molar-refractivity contribution < 1.29 is 17.9 Å². The van der Waals surface area contributed by atoms with Gasteiger partial charge in [-0.3, -0.25) is 0 Å². The van der Waals surface area contributed by atoms with Crippen LogP contribution in [0.5, 0.6) is 0 Å². The van der Waals surface area contributed by atoms with E-state index in [1.165, 1.54) is 27.7 Å². The lowest BCUT2D eigenvalue weighted by Gasteiger charge is -2.37. The van der Waals surface area contributed by atoms with Crippen LogP contribution in [0.1, 0.15) is 35.7 Å². The predicted octanol–water partition coefficient (Wildman–Crippen LogP) is 0.728. The molecule has 0 bridgehead atoms. The summed E-state index contributed by atoms with van der Waals surface area (Å²) in [6.45, 7) is 3.59. The van der Waals surface area contributed by atoms with E-state index in [4.69, 9.17) is 0 Å². The van der Waals surface area contributed by atoms with Gasteiger partial charge in [0.1, 0.15) is 16.2 Å². The zero-order valence-electron chi connectivity index (χ0n) is 12.6. The van der Waals surface area contributed by atoms with Crippen LogP contribution < -0.4 is 4.90 Å². The lowest BCUT2D eigenvalue weighted by molar-refractivity contribution is -0.925. The van der Waals surface area contributed by atoms with Crippen molar-refractivity contribution in [2.75, 3.05) is 12.4 Å². The van der Waals surface area contributed by atoms with Crippen LogP contribution in [0.15, 0.2) is 18.2 Å². The second-order valence-electron chi connectivity index (χ2n) is 6.59. The number of nitrogens with one attached hydrogen (secondary N) is 1. The van der Waals surface area contributed by atoms with Gasteiger partial charge in [0.25, 0.3) is 0 Å². The van der Waals surface area contributed by atoms with Crippen LogP contribution in [0.4, 0.5) is 0 Å². The molecule has 5 nitrogen and oxygen atoms in total. The molecule has 2 aromatic rings. The van der Waals surface area contributed by atoms with Gasteiger partial charge in [0.15, 0.2) is 5.88 Å². The van der Waals surface area contributed by atoms with Crippen LogP contribution in [0, 0.1) is 6.92 Å². The lowest BCUT2D eigenvalue weighted by atomic mass is 9.90. The maximum atomic E-state index is 11.2. The van der Waals surface area contributed by atoms with Gasteiger partial charge in [0.05, 0.1) is 18.8 Å². The van der Waals surface area contributed by atoms with Crippen molar-refractivity contribution in [3.8, 4) is 0 Å². The standard InChI is InChI=1S/C16H20N2O3S/c1-11-5-6-14-13(9-11)12-3-2-4-15-16(12)18(14)8-7-17(15)10-22(19,20)21/h5-6,9,15H,2-4,7-8,10H2,1H3,(H,19,20,21)/t15-/m0/s1. The van der Waals surface area contributed by atoms with Gasteiger partial charge < -0.3 is 14.0 Å². The average Bonchev–Trinajstić information content (AvgIpc) is 2.76. The van der Waals surface area contributed by atoms with Crippen molar-refractivity contribution in [2.24, 2.45) is 0 Å². The molecular weight excluding hydrogens is 300 g/mol. The van der Waals surface area contributed by atoms with E-state index >= 15 is 0 Å². The van der Waals surface area contributed by atoms with Crippen molar-refractivity contribution in [1.82, 2.24) is 4.57 Å².